The van der Waals surface area contributed by atoms with E-state index in [9.17, 15) is 0 Å². The highest BCUT2D eigenvalue weighted by molar-refractivity contribution is 6.20. The number of nitrogens with zero attached hydrogens (tertiary/aromatic N) is 2. The van der Waals surface area contributed by atoms with E-state index in [1.54, 1.807) is 0 Å². The van der Waals surface area contributed by atoms with Crippen LogP contribution in [0.4, 0.5) is 0 Å². The second-order valence-electron chi connectivity index (χ2n) is 3.67. The smallest absolute Gasteiger partial charge is 0.234 e. The molecule has 5 heteroatoms. The van der Waals surface area contributed by atoms with Crippen LogP contribution in [0.1, 0.15) is 43.3 Å². The van der Waals surface area contributed by atoms with Crippen LogP contribution in [0.3, 0.4) is 0 Å². The van der Waals surface area contributed by atoms with Crippen molar-refractivity contribution in [1.82, 2.24) is 10.2 Å². The predicted molar refractivity (Wildman–Crippen MR) is 51.3 cm³/mol. The number of rotatable bonds is 2. The van der Waals surface area contributed by atoms with E-state index in [0.29, 0.717) is 18.4 Å². The largest absolute Gasteiger partial charge is 0.423 e. The van der Waals surface area contributed by atoms with E-state index in [1.165, 1.54) is 0 Å². The normalized spacial score (nSPS) is 29.4. The molecule has 0 radical (unpaired) electrons. The van der Waals surface area contributed by atoms with E-state index < -0.39 is 0 Å². The van der Waals surface area contributed by atoms with Crippen molar-refractivity contribution < 1.29 is 9.15 Å². The lowest BCUT2D eigenvalue weighted by atomic mass is 10.1. The number of alkyl halides is 1. The van der Waals surface area contributed by atoms with E-state index in [-0.39, 0.29) is 17.4 Å². The van der Waals surface area contributed by atoms with Gasteiger partial charge in [-0.1, -0.05) is 0 Å². The first-order chi connectivity index (χ1) is 6.66. The van der Waals surface area contributed by atoms with Gasteiger partial charge in [-0.05, 0) is 20.3 Å². The second-order valence-corrected chi connectivity index (χ2v) is 4.33. The van der Waals surface area contributed by atoms with Crippen molar-refractivity contribution in [3.05, 3.63) is 11.8 Å². The van der Waals surface area contributed by atoms with E-state index in [1.807, 2.05) is 13.8 Å². The highest BCUT2D eigenvalue weighted by Gasteiger charge is 2.28. The van der Waals surface area contributed by atoms with Gasteiger partial charge in [0.2, 0.25) is 11.8 Å². The van der Waals surface area contributed by atoms with Gasteiger partial charge in [-0.15, -0.1) is 21.8 Å². The zero-order valence-electron chi connectivity index (χ0n) is 8.24. The number of aromatic nitrogens is 2. The minimum absolute atomic E-state index is 0.226. The number of hydrogen-bond acceptors (Lipinski definition) is 4. The summed E-state index contributed by atoms with van der Waals surface area (Å²) < 4.78 is 10.9. The fraction of sp³-hybridized carbons (Fsp3) is 0.778. The Labute approximate surface area is 87.6 Å². The molecule has 0 saturated carbocycles. The Morgan fingerprint density at radius 2 is 2.29 bits per heavy atom. The molecule has 1 saturated heterocycles. The molecule has 1 fully saturated rings. The fourth-order valence-corrected chi connectivity index (χ4v) is 1.65. The molecule has 1 aliphatic heterocycles. The Morgan fingerprint density at radius 3 is 2.79 bits per heavy atom. The topological polar surface area (TPSA) is 48.2 Å². The average Bonchev–Trinajstić information content (AvgIpc) is 2.70. The molecule has 1 aromatic heterocycles. The van der Waals surface area contributed by atoms with E-state index in [0.717, 1.165) is 6.42 Å². The van der Waals surface area contributed by atoms with Gasteiger partial charge in [0.25, 0.3) is 0 Å². The van der Waals surface area contributed by atoms with Gasteiger partial charge in [0, 0.05) is 0 Å². The molecule has 0 amide bonds. The number of ether oxygens (including phenoxy) is 1. The van der Waals surface area contributed by atoms with Gasteiger partial charge in [-0.3, -0.25) is 0 Å². The summed E-state index contributed by atoms with van der Waals surface area (Å²) in [6.45, 7) is 4.52. The van der Waals surface area contributed by atoms with E-state index in [4.69, 9.17) is 20.8 Å². The highest BCUT2D eigenvalue weighted by atomic mass is 35.5. The van der Waals surface area contributed by atoms with Gasteiger partial charge in [0.05, 0.1) is 18.6 Å². The molecule has 0 aliphatic carbocycles. The van der Waals surface area contributed by atoms with Crippen LogP contribution in [-0.4, -0.2) is 22.9 Å². The molecule has 1 aliphatic rings. The predicted octanol–water partition coefficient (Wildman–Crippen LogP) is 2.26. The van der Waals surface area contributed by atoms with Crippen molar-refractivity contribution in [2.45, 2.75) is 37.7 Å². The zero-order valence-corrected chi connectivity index (χ0v) is 8.99. The van der Waals surface area contributed by atoms with Gasteiger partial charge < -0.3 is 9.15 Å². The molecule has 0 N–H and O–H groups in total. The quantitative estimate of drug-likeness (QED) is 0.712. The first kappa shape index (κ1) is 9.93. The average molecular weight is 217 g/mol. The maximum Gasteiger partial charge on any atom is 0.234 e. The SMILES string of the molecule is CC1CC(c2nnc(C(C)Cl)o2)CO1. The van der Waals surface area contributed by atoms with Crippen LogP contribution in [-0.2, 0) is 4.74 Å². The first-order valence-corrected chi connectivity index (χ1v) is 5.19. The fourth-order valence-electron chi connectivity index (χ4n) is 1.56. The molecular weight excluding hydrogens is 204 g/mol. The molecule has 3 atom stereocenters. The Hall–Kier alpha value is -0.610. The zero-order chi connectivity index (χ0) is 10.1. The molecule has 0 bridgehead atoms. The first-order valence-electron chi connectivity index (χ1n) is 4.75. The molecule has 78 valence electrons. The number of hydrogen-bond donors (Lipinski definition) is 0. The van der Waals surface area contributed by atoms with Crippen molar-refractivity contribution in [1.29, 1.82) is 0 Å². The number of halogens is 1. The summed E-state index contributed by atoms with van der Waals surface area (Å²) >= 11 is 5.82. The van der Waals surface area contributed by atoms with Crippen molar-refractivity contribution in [3.63, 3.8) is 0 Å². The monoisotopic (exact) mass is 216 g/mol. The molecular formula is C9H13ClN2O2. The van der Waals surface area contributed by atoms with Gasteiger partial charge in [0.15, 0.2) is 0 Å². The second kappa shape index (κ2) is 3.87. The van der Waals surface area contributed by atoms with E-state index in [2.05, 4.69) is 10.2 Å². The highest BCUT2D eigenvalue weighted by Crippen LogP contribution is 2.29. The molecule has 0 spiro atoms. The van der Waals surface area contributed by atoms with Crippen LogP contribution in [0, 0.1) is 0 Å². The standard InChI is InChI=1S/C9H13ClN2O2/c1-5-3-7(4-13-5)9-12-11-8(14-9)6(2)10/h5-7H,3-4H2,1-2H3. The van der Waals surface area contributed by atoms with Crippen LogP contribution >= 0.6 is 11.6 Å². The van der Waals surface area contributed by atoms with Crippen molar-refractivity contribution in [2.75, 3.05) is 6.61 Å². The van der Waals surface area contributed by atoms with Gasteiger partial charge in [-0.25, -0.2) is 0 Å². The minimum atomic E-state index is -0.226. The summed E-state index contributed by atoms with van der Waals surface area (Å²) in [6, 6.07) is 0. The summed E-state index contributed by atoms with van der Waals surface area (Å²) in [4.78, 5) is 0. The van der Waals surface area contributed by atoms with E-state index >= 15 is 0 Å². The summed E-state index contributed by atoms with van der Waals surface area (Å²) in [5, 5.41) is 7.63. The molecule has 3 unspecified atom stereocenters. The van der Waals surface area contributed by atoms with Crippen LogP contribution in [0.25, 0.3) is 0 Å². The Balaban J connectivity index is 2.09. The maximum atomic E-state index is 5.82. The molecule has 1 aromatic rings. The summed E-state index contributed by atoms with van der Waals surface area (Å²) in [7, 11) is 0. The molecule has 2 rings (SSSR count). The Bertz CT molecular complexity index is 314. The van der Waals surface area contributed by atoms with Gasteiger partial charge in [-0.2, -0.15) is 0 Å². The lowest BCUT2D eigenvalue weighted by Gasteiger charge is -1.99. The minimum Gasteiger partial charge on any atom is -0.423 e. The van der Waals surface area contributed by atoms with Crippen molar-refractivity contribution in [3.8, 4) is 0 Å². The van der Waals surface area contributed by atoms with Crippen molar-refractivity contribution in [2.24, 2.45) is 0 Å². The maximum absolute atomic E-state index is 5.82. The third-order valence-corrected chi connectivity index (χ3v) is 2.53. The summed E-state index contributed by atoms with van der Waals surface area (Å²) in [5.41, 5.74) is 0. The summed E-state index contributed by atoms with van der Waals surface area (Å²) in [5.74, 6) is 1.37. The Morgan fingerprint density at radius 1 is 1.50 bits per heavy atom. The van der Waals surface area contributed by atoms with Crippen LogP contribution < -0.4 is 0 Å². The van der Waals surface area contributed by atoms with Crippen LogP contribution in [0.15, 0.2) is 4.42 Å². The molecule has 14 heavy (non-hydrogen) atoms. The van der Waals surface area contributed by atoms with Crippen LogP contribution in [0.2, 0.25) is 0 Å². The van der Waals surface area contributed by atoms with Gasteiger partial charge >= 0.3 is 0 Å². The molecule has 0 aromatic carbocycles. The third kappa shape index (κ3) is 1.91. The molecule has 4 nitrogen and oxygen atoms in total. The van der Waals surface area contributed by atoms with Gasteiger partial charge in [0.1, 0.15) is 5.38 Å². The lowest BCUT2D eigenvalue weighted by Crippen LogP contribution is -1.98. The van der Waals surface area contributed by atoms with Crippen molar-refractivity contribution >= 4 is 11.6 Å². The van der Waals surface area contributed by atoms with Crippen LogP contribution in [0.5, 0.6) is 0 Å². The third-order valence-electron chi connectivity index (χ3n) is 2.34. The molecule has 2 heterocycles. The Kier molecular flexibility index (Phi) is 2.74. The summed E-state index contributed by atoms with van der Waals surface area (Å²) in [6.07, 6.45) is 1.22. The lowest BCUT2D eigenvalue weighted by molar-refractivity contribution is 0.122.